The molecule has 0 aliphatic heterocycles. The van der Waals surface area contributed by atoms with Crippen LogP contribution in [0.25, 0.3) is 0 Å². The van der Waals surface area contributed by atoms with Crippen LogP contribution in [0.5, 0.6) is 0 Å². The summed E-state index contributed by atoms with van der Waals surface area (Å²) in [5.74, 6) is 3.86. The lowest BCUT2D eigenvalue weighted by Crippen LogP contribution is -2.25. The van der Waals surface area contributed by atoms with Gasteiger partial charge in [0.25, 0.3) is 0 Å². The highest BCUT2D eigenvalue weighted by Crippen LogP contribution is 2.42. The van der Waals surface area contributed by atoms with Crippen LogP contribution in [0.1, 0.15) is 83.1 Å². The maximum atomic E-state index is 12.9. The van der Waals surface area contributed by atoms with Crippen molar-refractivity contribution in [3.8, 4) is 0 Å². The summed E-state index contributed by atoms with van der Waals surface area (Å²) in [4.78, 5) is 0. The predicted octanol–water partition coefficient (Wildman–Crippen LogP) is 7.73. The van der Waals surface area contributed by atoms with E-state index in [0.717, 1.165) is 30.1 Å². The minimum absolute atomic E-state index is 0.145. The molecule has 2 saturated carbocycles. The Kier molecular flexibility index (Phi) is 7.77. The molecule has 0 unspecified atom stereocenters. The quantitative estimate of drug-likeness (QED) is 0.438. The van der Waals surface area contributed by atoms with Crippen LogP contribution in [0.2, 0.25) is 0 Å². The van der Waals surface area contributed by atoms with Crippen molar-refractivity contribution < 1.29 is 4.39 Å². The third-order valence-electron chi connectivity index (χ3n) is 7.05. The second-order valence-corrected chi connectivity index (χ2v) is 8.89. The molecule has 1 aromatic carbocycles. The van der Waals surface area contributed by atoms with Gasteiger partial charge in [0.2, 0.25) is 0 Å². The lowest BCUT2D eigenvalue weighted by Gasteiger charge is -2.37. The van der Waals surface area contributed by atoms with E-state index < -0.39 is 0 Å². The first kappa shape index (κ1) is 19.6. The summed E-state index contributed by atoms with van der Waals surface area (Å²) in [5.41, 5.74) is 1.20. The van der Waals surface area contributed by atoms with E-state index in [-0.39, 0.29) is 5.82 Å². The van der Waals surface area contributed by atoms with Gasteiger partial charge in [0, 0.05) is 0 Å². The van der Waals surface area contributed by atoms with Gasteiger partial charge >= 0.3 is 0 Å². The molecule has 2 fully saturated rings. The average Bonchev–Trinajstić information content (AvgIpc) is 2.68. The third kappa shape index (κ3) is 5.96. The first-order chi connectivity index (χ1) is 12.7. The van der Waals surface area contributed by atoms with Crippen LogP contribution in [-0.4, -0.2) is 0 Å². The van der Waals surface area contributed by atoms with Gasteiger partial charge < -0.3 is 0 Å². The van der Waals surface area contributed by atoms with Crippen LogP contribution in [0.4, 0.5) is 4.39 Å². The van der Waals surface area contributed by atoms with E-state index in [2.05, 4.69) is 19.1 Å². The molecular weight excluding hydrogens is 319 g/mol. The molecule has 0 aromatic heterocycles. The van der Waals surface area contributed by atoms with Crippen LogP contribution in [-0.2, 0) is 6.42 Å². The summed E-state index contributed by atoms with van der Waals surface area (Å²) >= 11 is 0. The highest BCUT2D eigenvalue weighted by Gasteiger charge is 2.30. The zero-order valence-corrected chi connectivity index (χ0v) is 16.6. The number of rotatable bonds is 7. The average molecular weight is 357 g/mol. The Labute approximate surface area is 160 Å². The minimum Gasteiger partial charge on any atom is -0.207 e. The molecule has 0 bridgehead atoms. The van der Waals surface area contributed by atoms with E-state index in [1.54, 1.807) is 12.1 Å². The molecule has 0 heterocycles. The molecule has 144 valence electrons. The maximum Gasteiger partial charge on any atom is 0.123 e. The fourth-order valence-electron chi connectivity index (χ4n) is 5.38. The van der Waals surface area contributed by atoms with Crippen molar-refractivity contribution in [1.82, 2.24) is 0 Å². The van der Waals surface area contributed by atoms with Crippen LogP contribution >= 0.6 is 0 Å². The monoisotopic (exact) mass is 356 g/mol. The molecule has 0 N–H and O–H groups in total. The smallest absolute Gasteiger partial charge is 0.123 e. The second-order valence-electron chi connectivity index (χ2n) is 8.89. The van der Waals surface area contributed by atoms with E-state index in [4.69, 9.17) is 0 Å². The molecule has 26 heavy (non-hydrogen) atoms. The Hall–Kier alpha value is -1.11. The van der Waals surface area contributed by atoms with E-state index >= 15 is 0 Å². The summed E-state index contributed by atoms with van der Waals surface area (Å²) in [6, 6.07) is 6.89. The Morgan fingerprint density at radius 2 is 1.38 bits per heavy atom. The molecule has 0 atom stereocenters. The zero-order chi connectivity index (χ0) is 18.2. The number of halogens is 1. The van der Waals surface area contributed by atoms with Crippen molar-refractivity contribution in [3.05, 3.63) is 47.8 Å². The molecule has 0 radical (unpaired) electrons. The Balaban J connectivity index is 1.32. The van der Waals surface area contributed by atoms with Crippen LogP contribution < -0.4 is 0 Å². The van der Waals surface area contributed by atoms with Crippen molar-refractivity contribution in [2.45, 2.75) is 84.0 Å². The van der Waals surface area contributed by atoms with Gasteiger partial charge in [-0.05, 0) is 92.7 Å². The minimum atomic E-state index is -0.145. The highest BCUT2D eigenvalue weighted by atomic mass is 19.1. The second kappa shape index (κ2) is 10.3. The summed E-state index contributed by atoms with van der Waals surface area (Å²) in [6.07, 6.45) is 21.5. The molecule has 1 aromatic rings. The molecule has 3 rings (SSSR count). The van der Waals surface area contributed by atoms with Gasteiger partial charge in [-0.2, -0.15) is 0 Å². The fourth-order valence-corrected chi connectivity index (χ4v) is 5.38. The van der Waals surface area contributed by atoms with Crippen LogP contribution in [0.3, 0.4) is 0 Å². The maximum absolute atomic E-state index is 12.9. The third-order valence-corrected chi connectivity index (χ3v) is 7.05. The molecular formula is C25H37F. The summed E-state index contributed by atoms with van der Waals surface area (Å²) in [7, 11) is 0. The summed E-state index contributed by atoms with van der Waals surface area (Å²) < 4.78 is 12.9. The van der Waals surface area contributed by atoms with Crippen LogP contribution in [0, 0.1) is 29.5 Å². The molecule has 0 saturated heterocycles. The standard InChI is InChI=1S/C25H37F/c1-2-5-20-8-14-23(15-9-20)24-16-10-21(11-17-24)6-3-4-7-22-12-18-25(26)19-13-22/h3-4,12-13,18-21,23-24H,2,5-11,14-17H2,1H3. The van der Waals surface area contributed by atoms with Gasteiger partial charge in [-0.3, -0.25) is 0 Å². The predicted molar refractivity (Wildman–Crippen MR) is 110 cm³/mol. The number of benzene rings is 1. The van der Waals surface area contributed by atoms with Gasteiger partial charge in [-0.1, -0.05) is 56.9 Å². The van der Waals surface area contributed by atoms with Crippen molar-refractivity contribution in [2.75, 3.05) is 0 Å². The van der Waals surface area contributed by atoms with E-state index in [1.165, 1.54) is 76.2 Å². The highest BCUT2D eigenvalue weighted by molar-refractivity contribution is 5.18. The Morgan fingerprint density at radius 1 is 0.808 bits per heavy atom. The number of allylic oxidation sites excluding steroid dienone is 2. The topological polar surface area (TPSA) is 0 Å². The number of hydrogen-bond donors (Lipinski definition) is 0. The molecule has 2 aliphatic carbocycles. The summed E-state index contributed by atoms with van der Waals surface area (Å²) in [5, 5.41) is 0. The largest absolute Gasteiger partial charge is 0.207 e. The van der Waals surface area contributed by atoms with Gasteiger partial charge in [-0.15, -0.1) is 0 Å². The lowest BCUT2D eigenvalue weighted by molar-refractivity contribution is 0.144. The van der Waals surface area contributed by atoms with E-state index in [1.807, 2.05) is 12.1 Å². The van der Waals surface area contributed by atoms with Crippen LogP contribution in [0.15, 0.2) is 36.4 Å². The summed E-state index contributed by atoms with van der Waals surface area (Å²) in [6.45, 7) is 2.33. The molecule has 0 spiro atoms. The lowest BCUT2D eigenvalue weighted by atomic mass is 9.68. The SMILES string of the molecule is CCCC1CCC(C2CCC(CC=CCc3ccc(F)cc3)CC2)CC1. The first-order valence-corrected chi connectivity index (χ1v) is 11.1. The van der Waals surface area contributed by atoms with E-state index in [0.29, 0.717) is 0 Å². The van der Waals surface area contributed by atoms with E-state index in [9.17, 15) is 4.39 Å². The van der Waals surface area contributed by atoms with Gasteiger partial charge in [0.15, 0.2) is 0 Å². The molecule has 1 heteroatoms. The van der Waals surface area contributed by atoms with Crippen molar-refractivity contribution in [1.29, 1.82) is 0 Å². The first-order valence-electron chi connectivity index (χ1n) is 11.1. The Morgan fingerprint density at radius 3 is 1.96 bits per heavy atom. The zero-order valence-electron chi connectivity index (χ0n) is 16.6. The van der Waals surface area contributed by atoms with Gasteiger partial charge in [-0.25, -0.2) is 4.39 Å². The van der Waals surface area contributed by atoms with Gasteiger partial charge in [0.05, 0.1) is 0 Å². The fraction of sp³-hybridized carbons (Fsp3) is 0.680. The normalized spacial score (nSPS) is 29.9. The Bertz CT molecular complexity index is 528. The van der Waals surface area contributed by atoms with Crippen molar-refractivity contribution in [2.24, 2.45) is 23.7 Å². The van der Waals surface area contributed by atoms with Crippen molar-refractivity contribution >= 4 is 0 Å². The molecule has 0 amide bonds. The van der Waals surface area contributed by atoms with Crippen molar-refractivity contribution in [3.63, 3.8) is 0 Å². The van der Waals surface area contributed by atoms with Gasteiger partial charge in [0.1, 0.15) is 5.82 Å². The molecule has 0 nitrogen and oxygen atoms in total. The molecule has 2 aliphatic rings. The number of hydrogen-bond acceptors (Lipinski definition) is 0.